The lowest BCUT2D eigenvalue weighted by molar-refractivity contribution is -0.118. The highest BCUT2D eigenvalue weighted by atomic mass is 28.4. The van der Waals surface area contributed by atoms with Gasteiger partial charge >= 0.3 is 0 Å². The highest BCUT2D eigenvalue weighted by Crippen LogP contribution is 2.48. The van der Waals surface area contributed by atoms with Gasteiger partial charge in [0.2, 0.25) is 0 Å². The first kappa shape index (κ1) is 16.0. The van der Waals surface area contributed by atoms with Gasteiger partial charge in [0.1, 0.15) is 0 Å². The summed E-state index contributed by atoms with van der Waals surface area (Å²) in [4.78, 5) is 11.9. The van der Waals surface area contributed by atoms with Crippen LogP contribution in [0, 0.1) is 5.92 Å². The Bertz CT molecular complexity index is 406. The van der Waals surface area contributed by atoms with Gasteiger partial charge in [-0.3, -0.25) is 4.79 Å². The van der Waals surface area contributed by atoms with Gasteiger partial charge in [0.15, 0.2) is 14.1 Å². The zero-order chi connectivity index (χ0) is 15.0. The Kier molecular flexibility index (Phi) is 4.32. The normalized spacial score (nSPS) is 31.9. The first-order chi connectivity index (χ1) is 9.16. The van der Waals surface area contributed by atoms with Crippen molar-refractivity contribution in [1.29, 1.82) is 0 Å². The third kappa shape index (κ3) is 3.09. The molecule has 0 heterocycles. The largest absolute Gasteiger partial charge is 0.411 e. The van der Waals surface area contributed by atoms with Gasteiger partial charge in [0, 0.05) is 6.42 Å². The number of fused-ring (bicyclic) bond motifs is 1. The first-order valence-corrected chi connectivity index (χ1v) is 11.0. The van der Waals surface area contributed by atoms with Crippen LogP contribution in [0.5, 0.6) is 0 Å². The van der Waals surface area contributed by atoms with E-state index in [2.05, 4.69) is 39.9 Å². The predicted molar refractivity (Wildman–Crippen MR) is 86.4 cm³/mol. The molecule has 0 amide bonds. The van der Waals surface area contributed by atoms with Crippen LogP contribution in [-0.2, 0) is 9.22 Å². The molecule has 1 fully saturated rings. The van der Waals surface area contributed by atoms with Crippen LogP contribution in [0.4, 0.5) is 0 Å². The molecule has 0 unspecified atom stereocenters. The minimum atomic E-state index is -1.80. The minimum Gasteiger partial charge on any atom is -0.411 e. The van der Waals surface area contributed by atoms with Crippen LogP contribution in [0.15, 0.2) is 12.2 Å². The van der Waals surface area contributed by atoms with Crippen molar-refractivity contribution < 1.29 is 9.22 Å². The van der Waals surface area contributed by atoms with Gasteiger partial charge in [-0.1, -0.05) is 39.7 Å². The lowest BCUT2D eigenvalue weighted by atomic mass is 9.72. The van der Waals surface area contributed by atoms with Crippen molar-refractivity contribution in [3.8, 4) is 0 Å². The summed E-state index contributed by atoms with van der Waals surface area (Å²) in [7, 11) is -1.80. The van der Waals surface area contributed by atoms with E-state index in [0.717, 1.165) is 19.3 Å². The Hall–Kier alpha value is -0.413. The lowest BCUT2D eigenvalue weighted by Crippen LogP contribution is -2.54. The minimum absolute atomic E-state index is 0.0656. The maximum atomic E-state index is 11.9. The van der Waals surface area contributed by atoms with Crippen LogP contribution in [0.2, 0.25) is 18.1 Å². The number of rotatable bonds is 2. The van der Waals surface area contributed by atoms with Crippen molar-refractivity contribution in [2.24, 2.45) is 5.92 Å². The molecule has 2 aliphatic carbocycles. The van der Waals surface area contributed by atoms with Crippen LogP contribution < -0.4 is 0 Å². The molecule has 2 atom stereocenters. The molecule has 0 aromatic rings. The summed E-state index contributed by atoms with van der Waals surface area (Å²) in [6.07, 6.45) is 10.2. The zero-order valence-electron chi connectivity index (χ0n) is 13.8. The quantitative estimate of drug-likeness (QED) is 0.680. The molecule has 0 N–H and O–H groups in total. The van der Waals surface area contributed by atoms with Crippen molar-refractivity contribution in [2.75, 3.05) is 0 Å². The Morgan fingerprint density at radius 1 is 1.30 bits per heavy atom. The Balaban J connectivity index is 2.28. The second-order valence-electron chi connectivity index (χ2n) is 8.15. The van der Waals surface area contributed by atoms with E-state index in [1.54, 1.807) is 6.08 Å². The molecule has 0 bridgehead atoms. The molecule has 20 heavy (non-hydrogen) atoms. The van der Waals surface area contributed by atoms with Gasteiger partial charge in [-0.05, 0) is 49.4 Å². The van der Waals surface area contributed by atoms with Crippen LogP contribution in [-0.4, -0.2) is 19.7 Å². The smallest absolute Gasteiger partial charge is 0.192 e. The molecule has 0 aromatic carbocycles. The fourth-order valence-electron chi connectivity index (χ4n) is 3.38. The van der Waals surface area contributed by atoms with Gasteiger partial charge in [-0.25, -0.2) is 0 Å². The van der Waals surface area contributed by atoms with E-state index >= 15 is 0 Å². The molecule has 3 heteroatoms. The molecule has 2 aliphatic rings. The van der Waals surface area contributed by atoms with Crippen LogP contribution >= 0.6 is 0 Å². The third-order valence-electron chi connectivity index (χ3n) is 5.63. The average molecular weight is 295 g/mol. The summed E-state index contributed by atoms with van der Waals surface area (Å²) in [6, 6.07) is 0. The fraction of sp³-hybridized carbons (Fsp3) is 0.824. The second-order valence-corrected chi connectivity index (χ2v) is 12.9. The Labute approximate surface area is 125 Å². The third-order valence-corrected chi connectivity index (χ3v) is 10.2. The topological polar surface area (TPSA) is 26.3 Å². The van der Waals surface area contributed by atoms with Crippen molar-refractivity contribution in [3.63, 3.8) is 0 Å². The van der Waals surface area contributed by atoms with Gasteiger partial charge in [-0.2, -0.15) is 0 Å². The Morgan fingerprint density at radius 3 is 2.65 bits per heavy atom. The SMILES string of the molecule is CC(C)(C)[Si](C)(C)O[C@]12CC=CC(=O)C[C@@H]1CCCC2. The number of allylic oxidation sites excluding steroid dienone is 1. The van der Waals surface area contributed by atoms with E-state index in [1.807, 2.05) is 0 Å². The van der Waals surface area contributed by atoms with E-state index in [4.69, 9.17) is 4.43 Å². The highest BCUT2D eigenvalue weighted by molar-refractivity contribution is 6.74. The molecular formula is C17H30O2Si. The fourth-order valence-corrected chi connectivity index (χ4v) is 5.05. The van der Waals surface area contributed by atoms with Crippen molar-refractivity contribution in [3.05, 3.63) is 12.2 Å². The van der Waals surface area contributed by atoms with Crippen LogP contribution in [0.1, 0.15) is 59.3 Å². The molecule has 114 valence electrons. The molecular weight excluding hydrogens is 264 g/mol. The number of hydrogen-bond donors (Lipinski definition) is 0. The molecule has 2 rings (SSSR count). The molecule has 0 spiro atoms. The number of carbonyl (C=O) groups excluding carboxylic acids is 1. The molecule has 1 saturated carbocycles. The van der Waals surface area contributed by atoms with E-state index in [9.17, 15) is 4.79 Å². The lowest BCUT2D eigenvalue weighted by Gasteiger charge is -2.50. The Morgan fingerprint density at radius 2 is 2.00 bits per heavy atom. The first-order valence-electron chi connectivity index (χ1n) is 8.06. The van der Waals surface area contributed by atoms with Gasteiger partial charge in [-0.15, -0.1) is 0 Å². The van der Waals surface area contributed by atoms with Gasteiger partial charge in [0.05, 0.1) is 5.60 Å². The highest BCUT2D eigenvalue weighted by Gasteiger charge is 2.49. The monoisotopic (exact) mass is 294 g/mol. The number of carbonyl (C=O) groups is 1. The second kappa shape index (κ2) is 5.41. The maximum absolute atomic E-state index is 11.9. The summed E-state index contributed by atoms with van der Waals surface area (Å²) in [5.41, 5.74) is -0.0656. The van der Waals surface area contributed by atoms with E-state index in [-0.39, 0.29) is 16.4 Å². The number of ketones is 1. The van der Waals surface area contributed by atoms with Crippen LogP contribution in [0.3, 0.4) is 0 Å². The van der Waals surface area contributed by atoms with Gasteiger partial charge < -0.3 is 4.43 Å². The molecule has 0 aromatic heterocycles. The number of hydrogen-bond acceptors (Lipinski definition) is 2. The standard InChI is InChI=1S/C17H30O2Si/c1-16(2,3)20(4,5)19-17-11-7-6-9-14(17)13-15(18)10-8-12-17/h8,10,14H,6-7,9,11-13H2,1-5H3/t14-,17+/m0/s1. The summed E-state index contributed by atoms with van der Waals surface area (Å²) < 4.78 is 6.90. The predicted octanol–water partition coefficient (Wildman–Crippen LogP) is 4.86. The van der Waals surface area contributed by atoms with Crippen molar-refractivity contribution in [1.82, 2.24) is 0 Å². The summed E-state index contributed by atoms with van der Waals surface area (Å²) >= 11 is 0. The molecule has 0 saturated heterocycles. The van der Waals surface area contributed by atoms with Gasteiger partial charge in [0.25, 0.3) is 0 Å². The van der Waals surface area contributed by atoms with E-state index < -0.39 is 8.32 Å². The van der Waals surface area contributed by atoms with E-state index in [0.29, 0.717) is 12.3 Å². The average Bonchev–Trinajstić information content (AvgIpc) is 2.45. The van der Waals surface area contributed by atoms with E-state index in [1.165, 1.54) is 12.8 Å². The maximum Gasteiger partial charge on any atom is 0.192 e. The zero-order valence-corrected chi connectivity index (χ0v) is 14.8. The molecule has 2 nitrogen and oxygen atoms in total. The van der Waals surface area contributed by atoms with Crippen molar-refractivity contribution >= 4 is 14.1 Å². The van der Waals surface area contributed by atoms with Crippen molar-refractivity contribution in [2.45, 2.75) is 83.0 Å². The summed E-state index contributed by atoms with van der Waals surface area (Å²) in [5.74, 6) is 0.713. The molecule has 0 radical (unpaired) electrons. The van der Waals surface area contributed by atoms with Crippen LogP contribution in [0.25, 0.3) is 0 Å². The molecule has 0 aliphatic heterocycles. The summed E-state index contributed by atoms with van der Waals surface area (Å²) in [5, 5.41) is 0.226. The summed E-state index contributed by atoms with van der Waals surface area (Å²) in [6.45, 7) is 11.6.